The second-order valence-electron chi connectivity index (χ2n) is 2.67. The van der Waals surface area contributed by atoms with Crippen molar-refractivity contribution < 1.29 is 24.2 Å². The minimum absolute atomic E-state index is 0.0858. The molecular formula is C8H8ClNO5. The highest BCUT2D eigenvalue weighted by Gasteiger charge is 2.17. The number of aliphatic hydroxyl groups excluding tert-OH is 1. The molecule has 3 N–H and O–H groups in total. The number of amides is 1. The van der Waals surface area contributed by atoms with Crippen LogP contribution in [0.3, 0.4) is 0 Å². The monoisotopic (exact) mass is 233 g/mol. The molecule has 0 saturated heterocycles. The summed E-state index contributed by atoms with van der Waals surface area (Å²) in [4.78, 5) is 21.5. The quantitative estimate of drug-likeness (QED) is 0.685. The Labute approximate surface area is 89.5 Å². The zero-order valence-corrected chi connectivity index (χ0v) is 8.19. The smallest absolute Gasteiger partial charge is 0.334 e. The van der Waals surface area contributed by atoms with Crippen LogP contribution in [-0.2, 0) is 4.79 Å². The summed E-state index contributed by atoms with van der Waals surface area (Å²) in [5.41, 5.74) is 0.0919. The van der Waals surface area contributed by atoms with Crippen molar-refractivity contribution in [3.8, 4) is 0 Å². The van der Waals surface area contributed by atoms with Crippen molar-refractivity contribution in [1.29, 1.82) is 0 Å². The van der Waals surface area contributed by atoms with E-state index in [0.717, 1.165) is 0 Å². The zero-order chi connectivity index (χ0) is 11.4. The molecule has 0 bridgehead atoms. The second-order valence-corrected chi connectivity index (χ2v) is 3.02. The van der Waals surface area contributed by atoms with E-state index in [9.17, 15) is 9.59 Å². The van der Waals surface area contributed by atoms with Crippen LogP contribution in [0.1, 0.15) is 10.4 Å². The summed E-state index contributed by atoms with van der Waals surface area (Å²) >= 11 is 5.51. The highest BCUT2D eigenvalue weighted by molar-refractivity contribution is 6.32. The Kier molecular flexibility index (Phi) is 3.70. The Hall–Kier alpha value is -1.53. The number of carboxylic acid groups (broad SMARTS) is 1. The molecule has 82 valence electrons. The third-order valence-corrected chi connectivity index (χ3v) is 1.90. The van der Waals surface area contributed by atoms with Gasteiger partial charge in [0.05, 0.1) is 18.4 Å². The van der Waals surface area contributed by atoms with Crippen LogP contribution in [0.15, 0.2) is 16.7 Å². The van der Waals surface area contributed by atoms with Gasteiger partial charge in [0.2, 0.25) is 5.22 Å². The van der Waals surface area contributed by atoms with Gasteiger partial charge >= 0.3 is 5.97 Å². The molecule has 0 aromatic carbocycles. The van der Waals surface area contributed by atoms with E-state index in [0.29, 0.717) is 0 Å². The van der Waals surface area contributed by atoms with E-state index in [1.807, 2.05) is 0 Å². The number of carboxylic acids is 1. The Balaban J connectivity index is 2.51. The molecule has 0 aliphatic rings. The molecule has 1 heterocycles. The maximum absolute atomic E-state index is 11.3. The number of rotatable bonds is 4. The third-order valence-electron chi connectivity index (χ3n) is 1.60. The van der Waals surface area contributed by atoms with E-state index in [1.54, 1.807) is 0 Å². The van der Waals surface area contributed by atoms with Crippen molar-refractivity contribution in [2.24, 2.45) is 0 Å². The number of nitrogens with one attached hydrogen (secondary N) is 1. The van der Waals surface area contributed by atoms with Gasteiger partial charge in [-0.25, -0.2) is 4.79 Å². The van der Waals surface area contributed by atoms with Gasteiger partial charge in [-0.1, -0.05) is 0 Å². The summed E-state index contributed by atoms with van der Waals surface area (Å²) in [6.45, 7) is -0.393. The van der Waals surface area contributed by atoms with E-state index in [2.05, 4.69) is 9.73 Å². The predicted octanol–water partition coefficient (Wildman–Crippen LogP) is 0.108. The first-order chi connectivity index (χ1) is 7.02. The van der Waals surface area contributed by atoms with Gasteiger partial charge < -0.3 is 19.9 Å². The first-order valence-electron chi connectivity index (χ1n) is 3.94. The first-order valence-corrected chi connectivity index (χ1v) is 4.32. The summed E-state index contributed by atoms with van der Waals surface area (Å²) in [5, 5.41) is 19.3. The van der Waals surface area contributed by atoms with Crippen molar-refractivity contribution in [2.75, 3.05) is 6.54 Å². The molecule has 15 heavy (non-hydrogen) atoms. The fourth-order valence-corrected chi connectivity index (χ4v) is 1.03. The molecule has 1 rings (SSSR count). The van der Waals surface area contributed by atoms with Crippen LogP contribution < -0.4 is 5.32 Å². The molecule has 7 heteroatoms. The summed E-state index contributed by atoms with van der Waals surface area (Å²) in [6.07, 6.45) is -0.412. The standard InChI is InChI=1S/C8H8ClNO5/c9-6-4(1-2-15-6)7(12)10-3-5(11)8(13)14/h1-2,5,11H,3H2,(H,10,12)(H,13,14). The molecule has 1 aromatic rings. The van der Waals surface area contributed by atoms with Crippen LogP contribution in [0, 0.1) is 0 Å². The summed E-state index contributed by atoms with van der Waals surface area (Å²) in [6, 6.07) is 1.34. The second kappa shape index (κ2) is 4.81. The predicted molar refractivity (Wildman–Crippen MR) is 49.7 cm³/mol. The van der Waals surface area contributed by atoms with E-state index < -0.39 is 24.5 Å². The lowest BCUT2D eigenvalue weighted by Gasteiger charge is -2.06. The number of aliphatic carboxylic acids is 1. The van der Waals surface area contributed by atoms with Crippen molar-refractivity contribution >= 4 is 23.5 Å². The summed E-state index contributed by atoms with van der Waals surface area (Å²) in [7, 11) is 0. The van der Waals surface area contributed by atoms with E-state index in [-0.39, 0.29) is 10.8 Å². The van der Waals surface area contributed by atoms with Gasteiger partial charge in [0.1, 0.15) is 0 Å². The highest BCUT2D eigenvalue weighted by Crippen LogP contribution is 2.15. The van der Waals surface area contributed by atoms with Crippen molar-refractivity contribution in [2.45, 2.75) is 6.10 Å². The number of furan rings is 1. The lowest BCUT2D eigenvalue weighted by atomic mass is 10.3. The Morgan fingerprint density at radius 1 is 1.60 bits per heavy atom. The highest BCUT2D eigenvalue weighted by atomic mass is 35.5. The van der Waals surface area contributed by atoms with E-state index in [1.165, 1.54) is 12.3 Å². The fourth-order valence-electron chi connectivity index (χ4n) is 0.828. The largest absolute Gasteiger partial charge is 0.479 e. The van der Waals surface area contributed by atoms with Gasteiger partial charge in [-0.2, -0.15) is 0 Å². The molecule has 0 fully saturated rings. The minimum atomic E-state index is -1.64. The van der Waals surface area contributed by atoms with E-state index in [4.69, 9.17) is 21.8 Å². The average molecular weight is 234 g/mol. The molecule has 1 aromatic heterocycles. The Morgan fingerprint density at radius 2 is 2.27 bits per heavy atom. The maximum Gasteiger partial charge on any atom is 0.334 e. The number of hydrogen-bond acceptors (Lipinski definition) is 4. The normalized spacial score (nSPS) is 12.1. The van der Waals surface area contributed by atoms with Gasteiger partial charge in [0.15, 0.2) is 6.10 Å². The third kappa shape index (κ3) is 2.97. The fraction of sp³-hybridized carbons (Fsp3) is 0.250. The Morgan fingerprint density at radius 3 is 2.73 bits per heavy atom. The molecule has 1 unspecified atom stereocenters. The van der Waals surface area contributed by atoms with Crippen LogP contribution in [0.5, 0.6) is 0 Å². The zero-order valence-electron chi connectivity index (χ0n) is 7.44. The number of halogens is 1. The number of aliphatic hydroxyl groups is 1. The number of carbonyl (C=O) groups excluding carboxylic acids is 1. The van der Waals surface area contributed by atoms with Crippen LogP contribution in [0.4, 0.5) is 0 Å². The average Bonchev–Trinajstić information content (AvgIpc) is 2.60. The summed E-state index contributed by atoms with van der Waals surface area (Å²) < 4.78 is 4.67. The molecule has 1 amide bonds. The SMILES string of the molecule is O=C(NCC(O)C(=O)O)c1ccoc1Cl. The molecule has 0 radical (unpaired) electrons. The van der Waals surface area contributed by atoms with Crippen molar-refractivity contribution in [1.82, 2.24) is 5.32 Å². The van der Waals surface area contributed by atoms with Gasteiger partial charge in [0, 0.05) is 0 Å². The van der Waals surface area contributed by atoms with Crippen LogP contribution in [-0.4, -0.2) is 34.7 Å². The Bertz CT molecular complexity index is 375. The number of carbonyl (C=O) groups is 2. The molecule has 0 aliphatic heterocycles. The molecule has 0 spiro atoms. The summed E-state index contributed by atoms with van der Waals surface area (Å²) in [5.74, 6) is -2.01. The molecular weight excluding hydrogens is 226 g/mol. The van der Waals surface area contributed by atoms with Gasteiger partial charge in [-0.3, -0.25) is 4.79 Å². The van der Waals surface area contributed by atoms with Crippen molar-refractivity contribution in [3.05, 3.63) is 23.1 Å². The first kappa shape index (κ1) is 11.5. The van der Waals surface area contributed by atoms with Gasteiger partial charge in [0.25, 0.3) is 5.91 Å². The van der Waals surface area contributed by atoms with Crippen LogP contribution >= 0.6 is 11.6 Å². The van der Waals surface area contributed by atoms with Crippen LogP contribution in [0.2, 0.25) is 5.22 Å². The maximum atomic E-state index is 11.3. The topological polar surface area (TPSA) is 99.8 Å². The molecule has 0 saturated carbocycles. The van der Waals surface area contributed by atoms with E-state index >= 15 is 0 Å². The lowest BCUT2D eigenvalue weighted by molar-refractivity contribution is -0.146. The van der Waals surface area contributed by atoms with Crippen LogP contribution in [0.25, 0.3) is 0 Å². The van der Waals surface area contributed by atoms with Gasteiger partial charge in [-0.15, -0.1) is 0 Å². The lowest BCUT2D eigenvalue weighted by Crippen LogP contribution is -2.36. The van der Waals surface area contributed by atoms with Crippen molar-refractivity contribution in [3.63, 3.8) is 0 Å². The molecule has 1 atom stereocenters. The molecule has 6 nitrogen and oxygen atoms in total. The molecule has 0 aliphatic carbocycles. The minimum Gasteiger partial charge on any atom is -0.479 e. The van der Waals surface area contributed by atoms with Gasteiger partial charge in [-0.05, 0) is 17.7 Å². The number of hydrogen-bond donors (Lipinski definition) is 3.